The predicted octanol–water partition coefficient (Wildman–Crippen LogP) is 3.84. The van der Waals surface area contributed by atoms with Crippen molar-refractivity contribution in [2.75, 3.05) is 11.9 Å². The van der Waals surface area contributed by atoms with Gasteiger partial charge >= 0.3 is 0 Å². The van der Waals surface area contributed by atoms with Gasteiger partial charge in [-0.2, -0.15) is 0 Å². The largest absolute Gasteiger partial charge is 0.480 e. The Bertz CT molecular complexity index is 818. The lowest BCUT2D eigenvalue weighted by molar-refractivity contribution is -0.110. The van der Waals surface area contributed by atoms with E-state index in [1.54, 1.807) is 24.3 Å². The lowest BCUT2D eigenvalue weighted by Gasteiger charge is -2.07. The van der Waals surface area contributed by atoms with E-state index >= 15 is 0 Å². The van der Waals surface area contributed by atoms with Crippen molar-refractivity contribution in [3.8, 4) is 18.1 Å². The minimum atomic E-state index is -0.163. The zero-order chi connectivity index (χ0) is 15.5. The van der Waals surface area contributed by atoms with Gasteiger partial charge in [0.05, 0.1) is 0 Å². The third-order valence-corrected chi connectivity index (χ3v) is 3.53. The number of benzene rings is 2. The molecule has 3 nitrogen and oxygen atoms in total. The Hall–Kier alpha value is -2.70. The molecule has 0 bridgehead atoms. The van der Waals surface area contributed by atoms with Gasteiger partial charge in [-0.3, -0.25) is 4.79 Å². The van der Waals surface area contributed by atoms with E-state index in [9.17, 15) is 4.79 Å². The number of terminal acetylenes is 1. The van der Waals surface area contributed by atoms with Crippen molar-refractivity contribution < 1.29 is 9.53 Å². The second-order valence-electron chi connectivity index (χ2n) is 4.73. The summed E-state index contributed by atoms with van der Waals surface area (Å²) >= 11 is 6.03. The monoisotopic (exact) mass is 309 g/mol. The van der Waals surface area contributed by atoms with Crippen LogP contribution in [-0.4, -0.2) is 12.5 Å². The first-order valence-electron chi connectivity index (χ1n) is 6.67. The molecule has 0 radical (unpaired) electrons. The fourth-order valence-electron chi connectivity index (χ4n) is 2.31. The van der Waals surface area contributed by atoms with Crippen molar-refractivity contribution in [1.29, 1.82) is 0 Å². The average molecular weight is 310 g/mol. The Morgan fingerprint density at radius 3 is 2.91 bits per heavy atom. The van der Waals surface area contributed by atoms with Gasteiger partial charge in [-0.1, -0.05) is 35.7 Å². The second-order valence-corrected chi connectivity index (χ2v) is 5.17. The van der Waals surface area contributed by atoms with E-state index in [4.69, 9.17) is 22.8 Å². The lowest BCUT2D eigenvalue weighted by Crippen LogP contribution is -2.03. The van der Waals surface area contributed by atoms with Crippen molar-refractivity contribution in [2.45, 2.75) is 0 Å². The van der Waals surface area contributed by atoms with Crippen LogP contribution in [-0.2, 0) is 4.79 Å². The van der Waals surface area contributed by atoms with Gasteiger partial charge in [0.15, 0.2) is 0 Å². The smallest absolute Gasteiger partial charge is 0.256 e. The number of halogens is 1. The van der Waals surface area contributed by atoms with Gasteiger partial charge in [-0.05, 0) is 30.3 Å². The molecule has 4 heteroatoms. The Morgan fingerprint density at radius 2 is 2.09 bits per heavy atom. The van der Waals surface area contributed by atoms with E-state index < -0.39 is 0 Å². The summed E-state index contributed by atoms with van der Waals surface area (Å²) in [5.41, 5.74) is 2.87. The maximum Gasteiger partial charge on any atom is 0.256 e. The fourth-order valence-corrected chi connectivity index (χ4v) is 2.48. The average Bonchev–Trinajstić information content (AvgIpc) is 2.82. The summed E-state index contributed by atoms with van der Waals surface area (Å²) in [7, 11) is 0. The number of hydrogen-bond donors (Lipinski definition) is 1. The molecule has 0 aromatic heterocycles. The molecule has 0 aliphatic carbocycles. The molecule has 2 aromatic rings. The van der Waals surface area contributed by atoms with Gasteiger partial charge < -0.3 is 10.1 Å². The van der Waals surface area contributed by atoms with Gasteiger partial charge in [-0.25, -0.2) is 0 Å². The highest BCUT2D eigenvalue weighted by Crippen LogP contribution is 2.36. The van der Waals surface area contributed by atoms with Crippen LogP contribution < -0.4 is 10.1 Å². The minimum Gasteiger partial charge on any atom is -0.480 e. The molecule has 0 atom stereocenters. The first-order chi connectivity index (χ1) is 10.7. The number of carbonyl (C=O) groups excluding carboxylic acids is 1. The molecule has 1 N–H and O–H groups in total. The number of para-hydroxylation sites is 1. The Balaban J connectivity index is 2.05. The topological polar surface area (TPSA) is 38.3 Å². The summed E-state index contributed by atoms with van der Waals surface area (Å²) < 4.78 is 5.51. The summed E-state index contributed by atoms with van der Waals surface area (Å²) in [5.74, 6) is 2.90. The molecular weight excluding hydrogens is 298 g/mol. The van der Waals surface area contributed by atoms with Gasteiger partial charge in [0.25, 0.3) is 5.91 Å². The number of hydrogen-bond acceptors (Lipinski definition) is 2. The number of rotatable bonds is 3. The predicted molar refractivity (Wildman–Crippen MR) is 88.7 cm³/mol. The second kappa shape index (κ2) is 5.97. The summed E-state index contributed by atoms with van der Waals surface area (Å²) in [6.45, 7) is 0.175. The molecule has 1 heterocycles. The van der Waals surface area contributed by atoms with Crippen molar-refractivity contribution in [2.24, 2.45) is 0 Å². The standard InChI is InChI=1S/C18H12ClNO2/c1-2-9-22-17-6-4-3-5-12(17)10-15-14-11-13(19)7-8-16(14)20-18(15)21/h1,3-8,10-11H,9H2,(H,20,21). The van der Waals surface area contributed by atoms with E-state index in [0.717, 1.165) is 16.8 Å². The van der Waals surface area contributed by atoms with Crippen LogP contribution in [0, 0.1) is 12.3 Å². The van der Waals surface area contributed by atoms with E-state index in [1.807, 2.05) is 24.3 Å². The molecule has 3 rings (SSSR count). The highest BCUT2D eigenvalue weighted by Gasteiger charge is 2.24. The number of anilines is 1. The number of amides is 1. The molecule has 1 aliphatic rings. The van der Waals surface area contributed by atoms with Crippen LogP contribution in [0.1, 0.15) is 11.1 Å². The Morgan fingerprint density at radius 1 is 1.27 bits per heavy atom. The molecule has 0 saturated heterocycles. The third kappa shape index (κ3) is 2.69. The first kappa shape index (κ1) is 14.2. The van der Waals surface area contributed by atoms with Crippen LogP contribution in [0.3, 0.4) is 0 Å². The van der Waals surface area contributed by atoms with Gasteiger partial charge in [0, 0.05) is 27.4 Å². The summed E-state index contributed by atoms with van der Waals surface area (Å²) in [4.78, 5) is 12.2. The van der Waals surface area contributed by atoms with Gasteiger partial charge in [0.2, 0.25) is 0 Å². The zero-order valence-corrected chi connectivity index (χ0v) is 12.4. The summed E-state index contributed by atoms with van der Waals surface area (Å²) in [5, 5.41) is 3.40. The SMILES string of the molecule is C#CCOc1ccccc1C=C1C(=O)Nc2ccc(Cl)cc21. The molecule has 1 aliphatic heterocycles. The number of fused-ring (bicyclic) bond motifs is 1. The van der Waals surface area contributed by atoms with Crippen LogP contribution in [0.5, 0.6) is 5.75 Å². The number of carbonyl (C=O) groups is 1. The third-order valence-electron chi connectivity index (χ3n) is 3.29. The van der Waals surface area contributed by atoms with Crippen molar-refractivity contribution in [3.63, 3.8) is 0 Å². The maximum absolute atomic E-state index is 12.2. The molecule has 2 aromatic carbocycles. The number of ether oxygens (including phenoxy) is 1. The van der Waals surface area contributed by atoms with E-state index in [0.29, 0.717) is 16.3 Å². The fraction of sp³-hybridized carbons (Fsp3) is 0.0556. The molecule has 0 unspecified atom stereocenters. The molecule has 1 amide bonds. The quantitative estimate of drug-likeness (QED) is 0.691. The van der Waals surface area contributed by atoms with Crippen molar-refractivity contribution >= 4 is 34.8 Å². The highest BCUT2D eigenvalue weighted by atomic mass is 35.5. The number of nitrogens with one attached hydrogen (secondary N) is 1. The van der Waals surface area contributed by atoms with E-state index in [1.165, 1.54) is 0 Å². The molecule has 0 saturated carbocycles. The molecule has 0 spiro atoms. The summed E-state index contributed by atoms with van der Waals surface area (Å²) in [6.07, 6.45) is 7.00. The van der Waals surface area contributed by atoms with E-state index in [-0.39, 0.29) is 12.5 Å². The summed E-state index contributed by atoms with van der Waals surface area (Å²) in [6, 6.07) is 12.7. The molecular formula is C18H12ClNO2. The molecule has 22 heavy (non-hydrogen) atoms. The Kier molecular flexibility index (Phi) is 3.86. The van der Waals surface area contributed by atoms with Crippen molar-refractivity contribution in [1.82, 2.24) is 0 Å². The van der Waals surface area contributed by atoms with Crippen LogP contribution in [0.15, 0.2) is 42.5 Å². The van der Waals surface area contributed by atoms with Crippen LogP contribution >= 0.6 is 11.6 Å². The van der Waals surface area contributed by atoms with E-state index in [2.05, 4.69) is 11.2 Å². The lowest BCUT2D eigenvalue weighted by atomic mass is 10.0. The van der Waals surface area contributed by atoms with Gasteiger partial charge in [-0.15, -0.1) is 6.42 Å². The first-order valence-corrected chi connectivity index (χ1v) is 7.05. The van der Waals surface area contributed by atoms with Crippen molar-refractivity contribution in [3.05, 3.63) is 58.6 Å². The Labute approximate surface area is 133 Å². The maximum atomic E-state index is 12.2. The van der Waals surface area contributed by atoms with Crippen LogP contribution in [0.2, 0.25) is 5.02 Å². The molecule has 108 valence electrons. The highest BCUT2D eigenvalue weighted by molar-refractivity contribution is 6.36. The normalized spacial score (nSPS) is 14.4. The van der Waals surface area contributed by atoms with Crippen LogP contribution in [0.4, 0.5) is 5.69 Å². The minimum absolute atomic E-state index is 0.163. The van der Waals surface area contributed by atoms with Crippen LogP contribution in [0.25, 0.3) is 11.6 Å². The van der Waals surface area contributed by atoms with Gasteiger partial charge in [0.1, 0.15) is 12.4 Å². The zero-order valence-electron chi connectivity index (χ0n) is 11.6. The molecule has 0 fully saturated rings.